The molecule has 0 aliphatic carbocycles. The monoisotopic (exact) mass is 456 g/mol. The summed E-state index contributed by atoms with van der Waals surface area (Å²) in [5.41, 5.74) is 1.51. The Morgan fingerprint density at radius 3 is 2.66 bits per heavy atom. The van der Waals surface area contributed by atoms with Gasteiger partial charge in [0.15, 0.2) is 11.5 Å². The molecule has 3 aromatic rings. The van der Waals surface area contributed by atoms with Gasteiger partial charge in [0.05, 0.1) is 20.8 Å². The first-order valence-electron chi connectivity index (χ1n) is 10.4. The van der Waals surface area contributed by atoms with E-state index in [0.717, 1.165) is 37.2 Å². The fourth-order valence-electron chi connectivity index (χ4n) is 3.77. The van der Waals surface area contributed by atoms with Crippen LogP contribution in [0.15, 0.2) is 47.0 Å². The van der Waals surface area contributed by atoms with Gasteiger partial charge in [0.2, 0.25) is 17.6 Å². The lowest BCUT2D eigenvalue weighted by Gasteiger charge is -2.30. The molecule has 1 N–H and O–H groups in total. The molecule has 0 atom stereocenters. The Hall–Kier alpha value is -3.10. The van der Waals surface area contributed by atoms with E-state index in [2.05, 4.69) is 20.4 Å². The zero-order valence-electron chi connectivity index (χ0n) is 18.0. The number of halogens is 1. The van der Waals surface area contributed by atoms with Crippen molar-refractivity contribution in [2.45, 2.75) is 19.4 Å². The summed E-state index contributed by atoms with van der Waals surface area (Å²) in [6.07, 6.45) is 1.53. The Kier molecular flexibility index (Phi) is 6.92. The number of rotatable bonds is 7. The summed E-state index contributed by atoms with van der Waals surface area (Å²) < 4.78 is 16.1. The van der Waals surface area contributed by atoms with E-state index < -0.39 is 0 Å². The molecule has 0 bridgehead atoms. The minimum atomic E-state index is -0.0322. The van der Waals surface area contributed by atoms with Gasteiger partial charge in [-0.1, -0.05) is 22.8 Å². The van der Waals surface area contributed by atoms with Crippen LogP contribution >= 0.6 is 11.6 Å². The number of benzene rings is 2. The number of carbonyl (C=O) groups is 1. The summed E-state index contributed by atoms with van der Waals surface area (Å²) in [5.74, 6) is 2.28. The van der Waals surface area contributed by atoms with Crippen molar-refractivity contribution in [3.05, 3.63) is 53.4 Å². The number of hydrogen-bond donors (Lipinski definition) is 1. The summed E-state index contributed by atoms with van der Waals surface area (Å²) in [4.78, 5) is 19.3. The number of methoxy groups -OCH3 is 2. The van der Waals surface area contributed by atoms with E-state index in [-0.39, 0.29) is 11.8 Å². The third-order valence-electron chi connectivity index (χ3n) is 5.52. The van der Waals surface area contributed by atoms with Crippen LogP contribution in [-0.2, 0) is 11.3 Å². The average Bonchev–Trinajstić information content (AvgIpc) is 3.27. The second kappa shape index (κ2) is 10.0. The average molecular weight is 457 g/mol. The van der Waals surface area contributed by atoms with Crippen molar-refractivity contribution in [1.29, 1.82) is 0 Å². The van der Waals surface area contributed by atoms with Crippen molar-refractivity contribution in [2.24, 2.45) is 5.92 Å². The zero-order valence-corrected chi connectivity index (χ0v) is 18.8. The first-order chi connectivity index (χ1) is 15.6. The summed E-state index contributed by atoms with van der Waals surface area (Å²) in [7, 11) is 3.18. The van der Waals surface area contributed by atoms with Gasteiger partial charge in [0.1, 0.15) is 0 Å². The van der Waals surface area contributed by atoms with Crippen molar-refractivity contribution in [3.8, 4) is 22.9 Å². The molecular weight excluding hydrogens is 432 g/mol. The Morgan fingerprint density at radius 1 is 1.16 bits per heavy atom. The van der Waals surface area contributed by atoms with Gasteiger partial charge in [0.25, 0.3) is 0 Å². The van der Waals surface area contributed by atoms with E-state index in [1.54, 1.807) is 26.4 Å². The number of nitrogens with zero attached hydrogens (tertiary/aromatic N) is 3. The number of nitrogens with one attached hydrogen (secondary N) is 1. The Bertz CT molecular complexity index is 1080. The SMILES string of the molecule is COc1ccc(-c2noc(CN3CCC(C(=O)Nc4cccc(Cl)c4)CC3)n2)cc1OC. The maximum atomic E-state index is 12.6. The van der Waals surface area contributed by atoms with Crippen molar-refractivity contribution >= 4 is 23.2 Å². The van der Waals surface area contributed by atoms with E-state index >= 15 is 0 Å². The second-order valence-corrected chi connectivity index (χ2v) is 8.07. The summed E-state index contributed by atoms with van der Waals surface area (Å²) in [6, 6.07) is 12.7. The third kappa shape index (κ3) is 5.20. The summed E-state index contributed by atoms with van der Waals surface area (Å²) in [6.45, 7) is 2.10. The quantitative estimate of drug-likeness (QED) is 0.568. The highest BCUT2D eigenvalue weighted by Crippen LogP contribution is 2.31. The topological polar surface area (TPSA) is 89.7 Å². The van der Waals surface area contributed by atoms with E-state index in [1.807, 2.05) is 30.3 Å². The number of ether oxygens (including phenoxy) is 2. The molecule has 1 amide bonds. The van der Waals surface area contributed by atoms with Crippen molar-refractivity contribution < 1.29 is 18.8 Å². The molecule has 1 fully saturated rings. The largest absolute Gasteiger partial charge is 0.493 e. The standard InChI is InChI=1S/C23H25ClN4O4/c1-30-19-7-6-16(12-20(19)31-2)22-26-21(32-27-22)14-28-10-8-15(9-11-28)23(29)25-18-5-3-4-17(24)13-18/h3-7,12-13,15H,8-11,14H2,1-2H3,(H,25,29). The molecule has 9 heteroatoms. The molecule has 0 spiro atoms. The Morgan fingerprint density at radius 2 is 1.94 bits per heavy atom. The van der Waals surface area contributed by atoms with Crippen LogP contribution in [0.5, 0.6) is 11.5 Å². The lowest BCUT2D eigenvalue weighted by molar-refractivity contribution is -0.121. The number of piperidine rings is 1. The molecule has 0 unspecified atom stereocenters. The van der Waals surface area contributed by atoms with E-state index in [1.165, 1.54) is 0 Å². The fraction of sp³-hybridized carbons (Fsp3) is 0.348. The van der Waals surface area contributed by atoms with Crippen molar-refractivity contribution in [3.63, 3.8) is 0 Å². The molecule has 168 valence electrons. The highest BCUT2D eigenvalue weighted by Gasteiger charge is 2.26. The molecule has 1 saturated heterocycles. The zero-order chi connectivity index (χ0) is 22.5. The normalized spacial score (nSPS) is 14.8. The molecule has 1 aromatic heterocycles. The summed E-state index contributed by atoms with van der Waals surface area (Å²) >= 11 is 5.99. The minimum Gasteiger partial charge on any atom is -0.493 e. The molecule has 1 aliphatic heterocycles. The Balaban J connectivity index is 1.31. The van der Waals surface area contributed by atoms with Crippen molar-refractivity contribution in [2.75, 3.05) is 32.6 Å². The van der Waals surface area contributed by atoms with Gasteiger partial charge in [0, 0.05) is 22.2 Å². The molecule has 1 aliphatic rings. The van der Waals surface area contributed by atoms with Gasteiger partial charge in [-0.3, -0.25) is 9.69 Å². The number of hydrogen-bond acceptors (Lipinski definition) is 7. The van der Waals surface area contributed by atoms with Crippen LogP contribution in [0, 0.1) is 5.92 Å². The van der Waals surface area contributed by atoms with Crippen LogP contribution in [0.3, 0.4) is 0 Å². The lowest BCUT2D eigenvalue weighted by atomic mass is 9.96. The number of carbonyl (C=O) groups excluding carboxylic acids is 1. The number of likely N-dealkylation sites (tertiary alicyclic amines) is 1. The molecule has 0 radical (unpaired) electrons. The van der Waals surface area contributed by atoms with Crippen molar-refractivity contribution in [1.82, 2.24) is 15.0 Å². The molecule has 8 nitrogen and oxygen atoms in total. The van der Waals surface area contributed by atoms with Gasteiger partial charge in [-0.05, 0) is 62.3 Å². The van der Waals surface area contributed by atoms with Gasteiger partial charge < -0.3 is 19.3 Å². The molecular formula is C23H25ClN4O4. The van der Waals surface area contributed by atoms with Gasteiger partial charge in [-0.25, -0.2) is 0 Å². The predicted octanol–water partition coefficient (Wildman–Crippen LogP) is 4.26. The number of amides is 1. The maximum Gasteiger partial charge on any atom is 0.241 e. The molecule has 0 saturated carbocycles. The van der Waals surface area contributed by atoms with Gasteiger partial charge >= 0.3 is 0 Å². The van der Waals surface area contributed by atoms with Crippen LogP contribution in [0.4, 0.5) is 5.69 Å². The molecule has 2 heterocycles. The van der Waals surface area contributed by atoms with Gasteiger partial charge in [-0.15, -0.1) is 0 Å². The highest BCUT2D eigenvalue weighted by molar-refractivity contribution is 6.30. The highest BCUT2D eigenvalue weighted by atomic mass is 35.5. The maximum absolute atomic E-state index is 12.6. The minimum absolute atomic E-state index is 0.0282. The molecule has 32 heavy (non-hydrogen) atoms. The van der Waals surface area contributed by atoms with Crippen LogP contribution in [0.1, 0.15) is 18.7 Å². The lowest BCUT2D eigenvalue weighted by Crippen LogP contribution is -2.37. The van der Waals surface area contributed by atoms with E-state index in [9.17, 15) is 4.79 Å². The van der Waals surface area contributed by atoms with Crippen LogP contribution in [-0.4, -0.2) is 48.3 Å². The van der Waals surface area contributed by atoms with E-state index in [4.69, 9.17) is 25.6 Å². The number of aromatic nitrogens is 2. The van der Waals surface area contributed by atoms with Crippen LogP contribution < -0.4 is 14.8 Å². The molecule has 2 aromatic carbocycles. The Labute approximate surface area is 191 Å². The predicted molar refractivity (Wildman–Crippen MR) is 121 cm³/mol. The van der Waals surface area contributed by atoms with Gasteiger partial charge in [-0.2, -0.15) is 4.98 Å². The fourth-order valence-corrected chi connectivity index (χ4v) is 3.96. The smallest absolute Gasteiger partial charge is 0.241 e. The summed E-state index contributed by atoms with van der Waals surface area (Å²) in [5, 5.41) is 7.65. The number of anilines is 1. The first-order valence-corrected chi connectivity index (χ1v) is 10.8. The van der Waals surface area contributed by atoms with Crippen LogP contribution in [0.25, 0.3) is 11.4 Å². The van der Waals surface area contributed by atoms with E-state index in [0.29, 0.717) is 34.8 Å². The molecule has 4 rings (SSSR count). The van der Waals surface area contributed by atoms with Crippen LogP contribution in [0.2, 0.25) is 5.02 Å². The third-order valence-corrected chi connectivity index (χ3v) is 5.75. The second-order valence-electron chi connectivity index (χ2n) is 7.63. The first kappa shape index (κ1) is 22.1.